The Bertz CT molecular complexity index is 633. The number of carbonyl (C=O) groups excluding carboxylic acids is 1. The standard InChI is InChI=1S/C14H17N3O3/c1-9(2)7-17(8-12(18)19)14(20)11-5-3-4-10-6-15-16-13(10)11/h3-6,9H,7-8H2,1-2H3,(H,15,16)(H,18,19). The van der Waals surface area contributed by atoms with Gasteiger partial charge in [0.15, 0.2) is 0 Å². The molecule has 0 atom stereocenters. The molecule has 0 aliphatic carbocycles. The predicted octanol–water partition coefficient (Wildman–Crippen LogP) is 1.75. The zero-order valence-electron chi connectivity index (χ0n) is 11.5. The van der Waals surface area contributed by atoms with E-state index in [0.29, 0.717) is 17.6 Å². The highest BCUT2D eigenvalue weighted by molar-refractivity contribution is 6.06. The molecule has 1 aromatic carbocycles. The van der Waals surface area contributed by atoms with E-state index in [9.17, 15) is 9.59 Å². The molecule has 0 saturated carbocycles. The Balaban J connectivity index is 2.35. The molecule has 0 bridgehead atoms. The van der Waals surface area contributed by atoms with Gasteiger partial charge in [0.05, 0.1) is 17.3 Å². The Morgan fingerprint density at radius 3 is 2.80 bits per heavy atom. The van der Waals surface area contributed by atoms with Crippen LogP contribution >= 0.6 is 0 Å². The van der Waals surface area contributed by atoms with Gasteiger partial charge < -0.3 is 10.0 Å². The van der Waals surface area contributed by atoms with Crippen molar-refractivity contribution in [3.05, 3.63) is 30.0 Å². The molecule has 6 heteroatoms. The van der Waals surface area contributed by atoms with Crippen LogP contribution in [0.25, 0.3) is 10.9 Å². The summed E-state index contributed by atoms with van der Waals surface area (Å²) in [6.45, 7) is 3.98. The van der Waals surface area contributed by atoms with Crippen molar-refractivity contribution in [3.8, 4) is 0 Å². The molecule has 0 saturated heterocycles. The maximum absolute atomic E-state index is 12.5. The number of rotatable bonds is 5. The highest BCUT2D eigenvalue weighted by Gasteiger charge is 2.21. The average Bonchev–Trinajstić information content (AvgIpc) is 2.83. The number of amides is 1. The number of para-hydroxylation sites is 1. The number of hydrogen-bond acceptors (Lipinski definition) is 3. The van der Waals surface area contributed by atoms with Crippen LogP contribution in [0.5, 0.6) is 0 Å². The first kappa shape index (κ1) is 14.0. The first-order valence-corrected chi connectivity index (χ1v) is 6.42. The fraction of sp³-hybridized carbons (Fsp3) is 0.357. The predicted molar refractivity (Wildman–Crippen MR) is 74.5 cm³/mol. The van der Waals surface area contributed by atoms with Crippen LogP contribution < -0.4 is 0 Å². The molecule has 2 rings (SSSR count). The number of nitrogens with one attached hydrogen (secondary N) is 1. The SMILES string of the molecule is CC(C)CN(CC(=O)O)C(=O)c1cccc2cn[nH]c12. The summed E-state index contributed by atoms with van der Waals surface area (Å²) in [6.07, 6.45) is 1.64. The van der Waals surface area contributed by atoms with Crippen LogP contribution in [0.2, 0.25) is 0 Å². The van der Waals surface area contributed by atoms with Gasteiger partial charge in [-0.25, -0.2) is 0 Å². The second-order valence-corrected chi connectivity index (χ2v) is 5.11. The number of carboxylic acid groups (broad SMARTS) is 1. The molecule has 20 heavy (non-hydrogen) atoms. The van der Waals surface area contributed by atoms with E-state index < -0.39 is 5.97 Å². The summed E-state index contributed by atoms with van der Waals surface area (Å²) < 4.78 is 0. The van der Waals surface area contributed by atoms with Crippen molar-refractivity contribution in [3.63, 3.8) is 0 Å². The summed E-state index contributed by atoms with van der Waals surface area (Å²) in [4.78, 5) is 24.8. The highest BCUT2D eigenvalue weighted by Crippen LogP contribution is 2.18. The summed E-state index contributed by atoms with van der Waals surface area (Å²) in [5.74, 6) is -1.12. The number of hydrogen-bond donors (Lipinski definition) is 2. The summed E-state index contributed by atoms with van der Waals surface area (Å²) in [6, 6.07) is 5.29. The summed E-state index contributed by atoms with van der Waals surface area (Å²) in [7, 11) is 0. The van der Waals surface area contributed by atoms with Crippen LogP contribution in [-0.2, 0) is 4.79 Å². The Morgan fingerprint density at radius 1 is 1.40 bits per heavy atom. The third kappa shape index (κ3) is 2.96. The van der Waals surface area contributed by atoms with Crippen molar-refractivity contribution >= 4 is 22.8 Å². The van der Waals surface area contributed by atoms with E-state index in [4.69, 9.17) is 5.11 Å². The largest absolute Gasteiger partial charge is 0.480 e. The summed E-state index contributed by atoms with van der Waals surface area (Å²) >= 11 is 0. The first-order chi connectivity index (χ1) is 9.49. The third-order valence-electron chi connectivity index (χ3n) is 2.91. The number of aliphatic carboxylic acids is 1. The fourth-order valence-corrected chi connectivity index (χ4v) is 2.14. The van der Waals surface area contributed by atoms with Crippen LogP contribution in [0.1, 0.15) is 24.2 Å². The Morgan fingerprint density at radius 2 is 2.15 bits per heavy atom. The second-order valence-electron chi connectivity index (χ2n) is 5.11. The molecule has 1 aromatic heterocycles. The van der Waals surface area contributed by atoms with Crippen LogP contribution in [0.3, 0.4) is 0 Å². The molecular weight excluding hydrogens is 258 g/mol. The van der Waals surface area contributed by atoms with Crippen molar-refractivity contribution in [2.75, 3.05) is 13.1 Å². The average molecular weight is 275 g/mol. The lowest BCUT2D eigenvalue weighted by molar-refractivity contribution is -0.137. The Kier molecular flexibility index (Phi) is 4.02. The molecular formula is C14H17N3O3. The van der Waals surface area contributed by atoms with Crippen molar-refractivity contribution in [1.29, 1.82) is 0 Å². The lowest BCUT2D eigenvalue weighted by Crippen LogP contribution is -2.38. The van der Waals surface area contributed by atoms with Crippen LogP contribution in [0.4, 0.5) is 0 Å². The van der Waals surface area contributed by atoms with E-state index in [0.717, 1.165) is 5.39 Å². The van der Waals surface area contributed by atoms with Crippen molar-refractivity contribution in [2.45, 2.75) is 13.8 Å². The number of carboxylic acids is 1. The fourth-order valence-electron chi connectivity index (χ4n) is 2.14. The molecule has 0 radical (unpaired) electrons. The van der Waals surface area contributed by atoms with Gasteiger partial charge in [-0.3, -0.25) is 14.7 Å². The zero-order chi connectivity index (χ0) is 14.7. The van der Waals surface area contributed by atoms with Crippen LogP contribution in [0, 0.1) is 5.92 Å². The maximum Gasteiger partial charge on any atom is 0.323 e. The molecule has 2 N–H and O–H groups in total. The number of nitrogens with zero attached hydrogens (tertiary/aromatic N) is 2. The van der Waals surface area contributed by atoms with Gasteiger partial charge in [0.1, 0.15) is 6.54 Å². The van der Waals surface area contributed by atoms with E-state index >= 15 is 0 Å². The number of fused-ring (bicyclic) bond motifs is 1. The lowest BCUT2D eigenvalue weighted by atomic mass is 10.1. The van der Waals surface area contributed by atoms with Gasteiger partial charge in [0.2, 0.25) is 0 Å². The van der Waals surface area contributed by atoms with Gasteiger partial charge in [-0.1, -0.05) is 26.0 Å². The minimum absolute atomic E-state index is 0.194. The molecule has 6 nitrogen and oxygen atoms in total. The number of aromatic nitrogens is 2. The quantitative estimate of drug-likeness (QED) is 0.870. The molecule has 2 aromatic rings. The Hall–Kier alpha value is -2.37. The van der Waals surface area contributed by atoms with E-state index in [1.165, 1.54) is 4.90 Å². The molecule has 0 unspecified atom stereocenters. The van der Waals surface area contributed by atoms with E-state index in [-0.39, 0.29) is 18.4 Å². The van der Waals surface area contributed by atoms with Gasteiger partial charge in [-0.2, -0.15) is 5.10 Å². The minimum Gasteiger partial charge on any atom is -0.480 e. The molecule has 0 aliphatic rings. The van der Waals surface area contributed by atoms with Gasteiger partial charge in [-0.15, -0.1) is 0 Å². The highest BCUT2D eigenvalue weighted by atomic mass is 16.4. The monoisotopic (exact) mass is 275 g/mol. The Labute approximate surface area is 116 Å². The number of benzene rings is 1. The first-order valence-electron chi connectivity index (χ1n) is 6.42. The molecule has 0 aliphatic heterocycles. The molecule has 106 valence electrons. The number of H-pyrrole nitrogens is 1. The van der Waals surface area contributed by atoms with Gasteiger partial charge in [0, 0.05) is 11.9 Å². The van der Waals surface area contributed by atoms with Crippen molar-refractivity contribution < 1.29 is 14.7 Å². The minimum atomic E-state index is -1.02. The molecule has 0 fully saturated rings. The lowest BCUT2D eigenvalue weighted by Gasteiger charge is -2.23. The van der Waals surface area contributed by atoms with E-state index in [1.807, 2.05) is 19.9 Å². The van der Waals surface area contributed by atoms with Crippen LogP contribution in [-0.4, -0.2) is 45.2 Å². The van der Waals surface area contributed by atoms with Gasteiger partial charge >= 0.3 is 5.97 Å². The van der Waals surface area contributed by atoms with E-state index in [1.54, 1.807) is 18.3 Å². The third-order valence-corrected chi connectivity index (χ3v) is 2.91. The second kappa shape index (κ2) is 5.73. The van der Waals surface area contributed by atoms with Crippen molar-refractivity contribution in [1.82, 2.24) is 15.1 Å². The van der Waals surface area contributed by atoms with Crippen LogP contribution in [0.15, 0.2) is 24.4 Å². The zero-order valence-corrected chi connectivity index (χ0v) is 11.5. The van der Waals surface area contributed by atoms with E-state index in [2.05, 4.69) is 10.2 Å². The van der Waals surface area contributed by atoms with Gasteiger partial charge in [0.25, 0.3) is 5.91 Å². The maximum atomic E-state index is 12.5. The summed E-state index contributed by atoms with van der Waals surface area (Å²) in [5, 5.41) is 16.5. The molecule has 1 amide bonds. The molecule has 1 heterocycles. The van der Waals surface area contributed by atoms with Crippen molar-refractivity contribution in [2.24, 2.45) is 5.92 Å². The molecule has 0 spiro atoms. The normalized spacial score (nSPS) is 10.9. The number of aromatic amines is 1. The summed E-state index contributed by atoms with van der Waals surface area (Å²) in [5.41, 5.74) is 1.08. The number of carbonyl (C=O) groups is 2. The smallest absolute Gasteiger partial charge is 0.323 e. The van der Waals surface area contributed by atoms with Gasteiger partial charge in [-0.05, 0) is 12.0 Å². The topological polar surface area (TPSA) is 86.3 Å².